The van der Waals surface area contributed by atoms with Crippen molar-refractivity contribution in [3.8, 4) is 11.1 Å². The van der Waals surface area contributed by atoms with Crippen LogP contribution in [0.2, 0.25) is 6.04 Å². The molecule has 24 heavy (non-hydrogen) atoms. The summed E-state index contributed by atoms with van der Waals surface area (Å²) in [6, 6.07) is 8.12. The van der Waals surface area contributed by atoms with Crippen LogP contribution in [0.25, 0.3) is 11.1 Å². The summed E-state index contributed by atoms with van der Waals surface area (Å²) >= 11 is 0. The molecule has 0 atom stereocenters. The van der Waals surface area contributed by atoms with E-state index in [0.717, 1.165) is 31.7 Å². The smallest absolute Gasteiger partial charge is 0.134 e. The third-order valence-electron chi connectivity index (χ3n) is 5.13. The zero-order valence-corrected chi connectivity index (χ0v) is 14.7. The third kappa shape index (κ3) is 3.43. The monoisotopic (exact) mass is 345 g/mol. The molecule has 0 spiro atoms. The van der Waals surface area contributed by atoms with E-state index in [1.165, 1.54) is 18.2 Å². The van der Waals surface area contributed by atoms with E-state index in [-0.39, 0.29) is 17.0 Å². The Morgan fingerprint density at radius 2 is 1.54 bits per heavy atom. The summed E-state index contributed by atoms with van der Waals surface area (Å²) in [6.07, 6.45) is 4.05. The van der Waals surface area contributed by atoms with Gasteiger partial charge in [-0.1, -0.05) is 31.0 Å². The minimum absolute atomic E-state index is 0.147. The van der Waals surface area contributed by atoms with Gasteiger partial charge in [0.05, 0.1) is 5.56 Å². The fourth-order valence-electron chi connectivity index (χ4n) is 3.55. The molecule has 2 aromatic carbocycles. The molecule has 0 unspecified atom stereocenters. The standard InChI is InChI=1S/C20H20F3Si/c1-12-2-5-15(8-17(12)21)20-18(22)9-16(10-19(20)23)14-6-3-13(11-24)4-7-14/h2,5,8-10,13-14H,3-4,6-7,11H2,1H3. The molecule has 1 aliphatic carbocycles. The summed E-state index contributed by atoms with van der Waals surface area (Å²) in [7, 11) is 3.55. The molecule has 3 rings (SSSR count). The molecule has 1 fully saturated rings. The molecule has 4 heteroatoms. The van der Waals surface area contributed by atoms with Crippen molar-refractivity contribution in [2.75, 3.05) is 0 Å². The Kier molecular flexibility index (Phi) is 5.14. The molecule has 0 nitrogen and oxygen atoms in total. The number of hydrogen-bond acceptors (Lipinski definition) is 0. The summed E-state index contributed by atoms with van der Waals surface area (Å²) in [6.45, 7) is 1.62. The van der Waals surface area contributed by atoms with Crippen LogP contribution in [0.4, 0.5) is 13.2 Å². The molecule has 2 aromatic rings. The first kappa shape index (κ1) is 17.3. The Balaban J connectivity index is 1.90. The Labute approximate surface area is 144 Å². The van der Waals surface area contributed by atoms with Gasteiger partial charge in [0.1, 0.15) is 17.5 Å². The van der Waals surface area contributed by atoms with E-state index in [2.05, 4.69) is 10.2 Å². The second-order valence-electron chi connectivity index (χ2n) is 6.75. The predicted octanol–water partition coefficient (Wildman–Crippen LogP) is 5.94. The lowest BCUT2D eigenvalue weighted by Crippen LogP contribution is -2.13. The summed E-state index contributed by atoms with van der Waals surface area (Å²) in [5.74, 6) is -0.830. The van der Waals surface area contributed by atoms with Crippen LogP contribution >= 0.6 is 0 Å². The van der Waals surface area contributed by atoms with Gasteiger partial charge in [-0.05, 0) is 66.5 Å². The Hall–Kier alpha value is -1.55. The van der Waals surface area contributed by atoms with Crippen LogP contribution in [-0.2, 0) is 0 Å². The largest absolute Gasteiger partial charge is 0.207 e. The van der Waals surface area contributed by atoms with E-state index in [1.807, 2.05) is 0 Å². The Morgan fingerprint density at radius 3 is 2.08 bits per heavy atom. The molecule has 1 saturated carbocycles. The normalized spacial score (nSPS) is 21.0. The van der Waals surface area contributed by atoms with Gasteiger partial charge >= 0.3 is 0 Å². The van der Waals surface area contributed by atoms with Crippen molar-refractivity contribution in [3.63, 3.8) is 0 Å². The van der Waals surface area contributed by atoms with Crippen LogP contribution in [0.15, 0.2) is 30.3 Å². The van der Waals surface area contributed by atoms with Gasteiger partial charge in [-0.3, -0.25) is 0 Å². The highest BCUT2D eigenvalue weighted by Crippen LogP contribution is 2.39. The van der Waals surface area contributed by atoms with Gasteiger partial charge in [-0.2, -0.15) is 0 Å². The minimum atomic E-state index is -0.615. The van der Waals surface area contributed by atoms with Crippen molar-refractivity contribution in [1.82, 2.24) is 0 Å². The summed E-state index contributed by atoms with van der Waals surface area (Å²) in [4.78, 5) is 0. The number of aryl methyl sites for hydroxylation is 1. The molecule has 0 amide bonds. The zero-order valence-electron chi connectivity index (χ0n) is 13.7. The van der Waals surface area contributed by atoms with E-state index in [1.54, 1.807) is 19.1 Å². The van der Waals surface area contributed by atoms with Gasteiger partial charge < -0.3 is 0 Å². The molecule has 0 aromatic heterocycles. The molecule has 0 heterocycles. The van der Waals surface area contributed by atoms with Gasteiger partial charge in [0.25, 0.3) is 0 Å². The van der Waals surface area contributed by atoms with Crippen LogP contribution in [0.3, 0.4) is 0 Å². The first-order valence-electron chi connectivity index (χ1n) is 8.39. The summed E-state index contributed by atoms with van der Waals surface area (Å²) in [5.41, 5.74) is 1.27. The van der Waals surface area contributed by atoms with Crippen molar-refractivity contribution in [2.45, 2.75) is 44.6 Å². The second kappa shape index (κ2) is 7.14. The lowest BCUT2D eigenvalue weighted by molar-refractivity contribution is 0.347. The molecule has 0 saturated heterocycles. The SMILES string of the molecule is Cc1ccc(-c2c(F)cc(C3CCC(C[Si])CC3)cc2F)cc1F. The van der Waals surface area contributed by atoms with E-state index < -0.39 is 17.5 Å². The highest BCUT2D eigenvalue weighted by Gasteiger charge is 2.24. The third-order valence-corrected chi connectivity index (χ3v) is 5.71. The number of hydrogen-bond donors (Lipinski definition) is 0. The Bertz CT molecular complexity index is 711. The van der Waals surface area contributed by atoms with Crippen LogP contribution < -0.4 is 0 Å². The predicted molar refractivity (Wildman–Crippen MR) is 91.7 cm³/mol. The molecular formula is C20H20F3Si. The van der Waals surface area contributed by atoms with Crippen molar-refractivity contribution >= 4 is 10.2 Å². The number of rotatable bonds is 3. The van der Waals surface area contributed by atoms with Crippen LogP contribution in [0, 0.1) is 30.3 Å². The van der Waals surface area contributed by atoms with E-state index >= 15 is 0 Å². The molecule has 0 N–H and O–H groups in total. The molecular weight excluding hydrogens is 325 g/mol. The van der Waals surface area contributed by atoms with Crippen molar-refractivity contribution < 1.29 is 13.2 Å². The Morgan fingerprint density at radius 1 is 0.917 bits per heavy atom. The van der Waals surface area contributed by atoms with Crippen LogP contribution in [-0.4, -0.2) is 10.2 Å². The maximum Gasteiger partial charge on any atom is 0.134 e. The topological polar surface area (TPSA) is 0 Å². The quantitative estimate of drug-likeness (QED) is 0.604. The van der Waals surface area contributed by atoms with Gasteiger partial charge in [0.15, 0.2) is 0 Å². The minimum Gasteiger partial charge on any atom is -0.207 e. The van der Waals surface area contributed by atoms with Gasteiger partial charge in [-0.25, -0.2) is 13.2 Å². The first-order chi connectivity index (χ1) is 11.5. The maximum atomic E-state index is 14.6. The second-order valence-corrected chi connectivity index (χ2v) is 7.15. The fourth-order valence-corrected chi connectivity index (χ4v) is 3.96. The van der Waals surface area contributed by atoms with Crippen LogP contribution in [0.5, 0.6) is 0 Å². The lowest BCUT2D eigenvalue weighted by Gasteiger charge is -2.28. The van der Waals surface area contributed by atoms with E-state index in [9.17, 15) is 13.2 Å². The summed E-state index contributed by atoms with van der Waals surface area (Å²) < 4.78 is 42.8. The number of halogens is 3. The van der Waals surface area contributed by atoms with Gasteiger partial charge in [0, 0.05) is 10.2 Å². The van der Waals surface area contributed by atoms with Gasteiger partial charge in [0.2, 0.25) is 0 Å². The van der Waals surface area contributed by atoms with Crippen LogP contribution in [0.1, 0.15) is 42.7 Å². The average molecular weight is 345 g/mol. The number of benzene rings is 2. The molecule has 3 radical (unpaired) electrons. The van der Waals surface area contributed by atoms with Crippen molar-refractivity contribution in [2.24, 2.45) is 5.92 Å². The first-order valence-corrected chi connectivity index (χ1v) is 9.10. The average Bonchev–Trinajstić information content (AvgIpc) is 2.57. The van der Waals surface area contributed by atoms with E-state index in [4.69, 9.17) is 0 Å². The lowest BCUT2D eigenvalue weighted by atomic mass is 9.79. The van der Waals surface area contributed by atoms with E-state index in [0.29, 0.717) is 17.0 Å². The van der Waals surface area contributed by atoms with Crippen molar-refractivity contribution in [1.29, 1.82) is 0 Å². The summed E-state index contributed by atoms with van der Waals surface area (Å²) in [5, 5.41) is 0. The highest BCUT2D eigenvalue weighted by molar-refractivity contribution is 6.08. The maximum absolute atomic E-state index is 14.6. The van der Waals surface area contributed by atoms with Crippen molar-refractivity contribution in [3.05, 3.63) is 58.9 Å². The molecule has 125 valence electrons. The zero-order chi connectivity index (χ0) is 17.3. The fraction of sp³-hybridized carbons (Fsp3) is 0.400. The van der Waals surface area contributed by atoms with Gasteiger partial charge in [-0.15, -0.1) is 0 Å². The molecule has 0 aliphatic heterocycles. The molecule has 1 aliphatic rings. The highest BCUT2D eigenvalue weighted by atomic mass is 28.1. The molecule has 0 bridgehead atoms.